The molecule has 0 heterocycles. The minimum Gasteiger partial charge on any atom is -0.477 e. The Morgan fingerprint density at radius 1 is 0.345 bits per heavy atom. The molecular weight excluding hydrogens is 1080 g/mol. The number of esters is 2. The Balaban J connectivity index is 3.97. The predicted molar refractivity (Wildman–Crippen MR) is 373 cm³/mol. The maximum absolute atomic E-state index is 12.9. The number of carbonyl (C=O) groups is 3. The zero-order valence-electron chi connectivity index (χ0n) is 57.4. The third-order valence-corrected chi connectivity index (χ3v) is 15.8. The standard InChI is InChI=1S/C78H137NO8/c1-6-8-10-12-14-16-18-20-22-24-26-28-29-30-31-32-33-34-35-36-37-38-39-40-41-42-43-44-45-46-47-49-51-53-55-57-59-61-63-65-67-69-76(81)87-74(73-86-78(77(82)83)84-71-70-79(3,4)5)72-85-75(80)68-66-64-62-60-58-56-54-52-50-48-27-25-23-21-19-17-15-13-11-9-7-2/h8-11,14-17,20-23,26-28,48,74,78H,6-7,12-13,18-19,24-25,29-47,49-73H2,1-5H3/p+1/b10-8-,11-9-,16-14-,17-15-,22-20-,23-21-,28-26-,48-27-. The van der Waals surface area contributed by atoms with E-state index in [0.29, 0.717) is 17.4 Å². The Morgan fingerprint density at radius 2 is 0.621 bits per heavy atom. The number of nitrogens with zero attached hydrogens (tertiary/aromatic N) is 1. The van der Waals surface area contributed by atoms with Gasteiger partial charge in [-0.1, -0.05) is 317 Å². The first-order chi connectivity index (χ1) is 42.6. The molecule has 9 nitrogen and oxygen atoms in total. The summed E-state index contributed by atoms with van der Waals surface area (Å²) in [6, 6.07) is 0. The number of carboxylic acid groups (broad SMARTS) is 1. The molecule has 0 rings (SSSR count). The highest BCUT2D eigenvalue weighted by molar-refractivity contribution is 5.71. The van der Waals surface area contributed by atoms with Crippen LogP contribution in [0.3, 0.4) is 0 Å². The first kappa shape index (κ1) is 83.2. The van der Waals surface area contributed by atoms with Gasteiger partial charge in [-0.3, -0.25) is 9.59 Å². The molecule has 9 heteroatoms. The van der Waals surface area contributed by atoms with E-state index in [9.17, 15) is 19.5 Å². The molecule has 0 aliphatic rings. The van der Waals surface area contributed by atoms with Crippen LogP contribution in [0.2, 0.25) is 0 Å². The number of unbranched alkanes of at least 4 members (excludes halogenated alkanes) is 36. The number of aliphatic carboxylic acids is 1. The molecule has 0 aliphatic carbocycles. The van der Waals surface area contributed by atoms with Crippen LogP contribution < -0.4 is 0 Å². The summed E-state index contributed by atoms with van der Waals surface area (Å²) in [6.45, 7) is 4.67. The van der Waals surface area contributed by atoms with Gasteiger partial charge >= 0.3 is 17.9 Å². The zero-order valence-corrected chi connectivity index (χ0v) is 57.4. The van der Waals surface area contributed by atoms with E-state index in [0.717, 1.165) is 103 Å². The van der Waals surface area contributed by atoms with Gasteiger partial charge in [0.25, 0.3) is 6.29 Å². The second-order valence-electron chi connectivity index (χ2n) is 25.5. The van der Waals surface area contributed by atoms with E-state index in [1.54, 1.807) is 0 Å². The van der Waals surface area contributed by atoms with Crippen molar-refractivity contribution in [2.75, 3.05) is 47.5 Å². The van der Waals surface area contributed by atoms with E-state index in [-0.39, 0.29) is 32.2 Å². The lowest BCUT2D eigenvalue weighted by molar-refractivity contribution is -0.870. The number of hydrogen-bond acceptors (Lipinski definition) is 7. The smallest absolute Gasteiger partial charge is 0.361 e. The van der Waals surface area contributed by atoms with Gasteiger partial charge in [0.2, 0.25) is 0 Å². The minimum atomic E-state index is -1.52. The van der Waals surface area contributed by atoms with Crippen LogP contribution in [0, 0.1) is 0 Å². The van der Waals surface area contributed by atoms with Gasteiger partial charge < -0.3 is 28.5 Å². The minimum absolute atomic E-state index is 0.185. The summed E-state index contributed by atoms with van der Waals surface area (Å²) >= 11 is 0. The maximum atomic E-state index is 12.9. The topological polar surface area (TPSA) is 108 Å². The van der Waals surface area contributed by atoms with Crippen molar-refractivity contribution >= 4 is 17.9 Å². The highest BCUT2D eigenvalue weighted by Crippen LogP contribution is 2.18. The van der Waals surface area contributed by atoms with E-state index in [2.05, 4.69) is 111 Å². The molecule has 87 heavy (non-hydrogen) atoms. The van der Waals surface area contributed by atoms with Gasteiger partial charge in [-0.25, -0.2) is 4.79 Å². The van der Waals surface area contributed by atoms with Crippen molar-refractivity contribution in [2.45, 2.75) is 334 Å². The molecule has 0 radical (unpaired) electrons. The molecule has 0 aromatic rings. The Bertz CT molecular complexity index is 1750. The number of hydrogen-bond donors (Lipinski definition) is 1. The van der Waals surface area contributed by atoms with Crippen molar-refractivity contribution in [3.8, 4) is 0 Å². The fraction of sp³-hybridized carbons (Fsp3) is 0.756. The SMILES string of the molecule is CC/C=C\C/C=C\C/C=C\C/C=C\CCCCCCCCCCCCCCCCCCCCCCCCCCCCCCC(=O)OC(COC(=O)CCCCCCCCCC/C=C\C/C=C\C/C=C\C/C=C\CC)COC(OCC[N+](C)(C)C)C(=O)O. The quantitative estimate of drug-likeness (QED) is 0.0211. The third-order valence-electron chi connectivity index (χ3n) is 15.8. The summed E-state index contributed by atoms with van der Waals surface area (Å²) in [7, 11) is 5.98. The fourth-order valence-electron chi connectivity index (χ4n) is 10.4. The molecule has 0 spiro atoms. The molecule has 0 fully saturated rings. The number of likely N-dealkylation sites (N-methyl/N-ethyl adjacent to an activating group) is 1. The largest absolute Gasteiger partial charge is 0.477 e. The molecule has 2 atom stereocenters. The highest BCUT2D eigenvalue weighted by Gasteiger charge is 2.25. The van der Waals surface area contributed by atoms with E-state index in [4.69, 9.17) is 18.9 Å². The van der Waals surface area contributed by atoms with Crippen molar-refractivity contribution in [3.05, 3.63) is 97.2 Å². The fourth-order valence-corrected chi connectivity index (χ4v) is 10.4. The van der Waals surface area contributed by atoms with Crippen molar-refractivity contribution in [2.24, 2.45) is 0 Å². The molecule has 1 N–H and O–H groups in total. The lowest BCUT2D eigenvalue weighted by Gasteiger charge is -2.25. The molecule has 0 bridgehead atoms. The van der Waals surface area contributed by atoms with Crippen LogP contribution >= 0.6 is 0 Å². The first-order valence-electron chi connectivity index (χ1n) is 36.4. The molecule has 0 saturated carbocycles. The Kier molecular flexibility index (Phi) is 65.2. The molecule has 502 valence electrons. The van der Waals surface area contributed by atoms with Crippen LogP contribution in [0.5, 0.6) is 0 Å². The number of allylic oxidation sites excluding steroid dienone is 16. The van der Waals surface area contributed by atoms with Gasteiger partial charge in [-0.15, -0.1) is 0 Å². The molecule has 2 unspecified atom stereocenters. The molecule has 0 aromatic heterocycles. The second-order valence-corrected chi connectivity index (χ2v) is 25.5. The van der Waals surface area contributed by atoms with Crippen LogP contribution in [-0.4, -0.2) is 87.4 Å². The van der Waals surface area contributed by atoms with Gasteiger partial charge in [0, 0.05) is 12.8 Å². The Labute approximate surface area is 537 Å². The Morgan fingerprint density at radius 3 is 0.920 bits per heavy atom. The number of ether oxygens (including phenoxy) is 4. The lowest BCUT2D eigenvalue weighted by Crippen LogP contribution is -2.40. The maximum Gasteiger partial charge on any atom is 0.361 e. The van der Waals surface area contributed by atoms with Gasteiger partial charge in [-0.2, -0.15) is 0 Å². The molecule has 0 amide bonds. The summed E-state index contributed by atoms with van der Waals surface area (Å²) < 4.78 is 23.0. The van der Waals surface area contributed by atoms with Crippen LogP contribution in [0.15, 0.2) is 97.2 Å². The van der Waals surface area contributed by atoms with E-state index < -0.39 is 24.3 Å². The summed E-state index contributed by atoms with van der Waals surface area (Å²) in [5.41, 5.74) is 0. The molecular formula is C78H138NO8+. The van der Waals surface area contributed by atoms with Gasteiger partial charge in [0.1, 0.15) is 13.2 Å². The summed E-state index contributed by atoms with van der Waals surface area (Å²) in [4.78, 5) is 37.6. The van der Waals surface area contributed by atoms with Gasteiger partial charge in [0.15, 0.2) is 6.10 Å². The monoisotopic (exact) mass is 1220 g/mol. The molecule has 0 aromatic carbocycles. The third kappa shape index (κ3) is 69.5. The predicted octanol–water partition coefficient (Wildman–Crippen LogP) is 22.8. The highest BCUT2D eigenvalue weighted by atomic mass is 16.7. The number of carboxylic acids is 1. The summed E-state index contributed by atoms with van der Waals surface area (Å²) in [5.74, 6) is -2.00. The van der Waals surface area contributed by atoms with E-state index >= 15 is 0 Å². The normalized spacial score (nSPS) is 13.3. The van der Waals surface area contributed by atoms with Crippen molar-refractivity contribution in [1.82, 2.24) is 0 Å². The van der Waals surface area contributed by atoms with Gasteiger partial charge in [-0.05, 0) is 89.9 Å². The van der Waals surface area contributed by atoms with Gasteiger partial charge in [0.05, 0.1) is 34.4 Å². The van der Waals surface area contributed by atoms with Crippen LogP contribution in [0.4, 0.5) is 0 Å². The van der Waals surface area contributed by atoms with Crippen LogP contribution in [0.1, 0.15) is 322 Å². The van der Waals surface area contributed by atoms with Crippen molar-refractivity contribution < 1.29 is 42.9 Å². The second kappa shape index (κ2) is 68.1. The number of carbonyl (C=O) groups excluding carboxylic acids is 2. The lowest BCUT2D eigenvalue weighted by atomic mass is 10.0. The summed E-state index contributed by atoms with van der Waals surface area (Å²) in [5, 5.41) is 9.74. The Hall–Kier alpha value is -3.79. The molecule has 0 saturated heterocycles. The average Bonchev–Trinajstić information content (AvgIpc) is 3.59. The van der Waals surface area contributed by atoms with Crippen LogP contribution in [0.25, 0.3) is 0 Å². The first-order valence-corrected chi connectivity index (χ1v) is 36.4. The average molecular weight is 1220 g/mol. The van der Waals surface area contributed by atoms with Crippen molar-refractivity contribution in [3.63, 3.8) is 0 Å². The van der Waals surface area contributed by atoms with E-state index in [1.165, 1.54) is 193 Å². The number of quaternary nitrogens is 1. The van der Waals surface area contributed by atoms with Crippen molar-refractivity contribution in [1.29, 1.82) is 0 Å². The zero-order chi connectivity index (χ0) is 63.3. The molecule has 0 aliphatic heterocycles. The number of rotatable bonds is 67. The summed E-state index contributed by atoms with van der Waals surface area (Å²) in [6.07, 6.45) is 91.2. The van der Waals surface area contributed by atoms with E-state index in [1.807, 2.05) is 21.1 Å². The van der Waals surface area contributed by atoms with Crippen LogP contribution in [-0.2, 0) is 33.3 Å².